The Kier molecular flexibility index (Phi) is 4.77. The summed E-state index contributed by atoms with van der Waals surface area (Å²) in [6, 6.07) is 4.18. The number of aromatic nitrogens is 3. The van der Waals surface area contributed by atoms with Crippen molar-refractivity contribution >= 4 is 23.2 Å². The molecule has 0 bridgehead atoms. The van der Waals surface area contributed by atoms with Crippen molar-refractivity contribution in [2.24, 2.45) is 0 Å². The summed E-state index contributed by atoms with van der Waals surface area (Å²) in [6.45, 7) is 6.46. The van der Waals surface area contributed by atoms with Crippen LogP contribution in [0, 0.1) is 0 Å². The number of thiophene rings is 1. The van der Waals surface area contributed by atoms with E-state index in [4.69, 9.17) is 4.74 Å². The van der Waals surface area contributed by atoms with Crippen LogP contribution < -0.4 is 9.80 Å². The second-order valence-electron chi connectivity index (χ2n) is 6.16. The lowest BCUT2D eigenvalue weighted by Gasteiger charge is -2.33. The van der Waals surface area contributed by atoms with Crippen LogP contribution >= 0.6 is 11.3 Å². The maximum atomic E-state index is 5.92. The van der Waals surface area contributed by atoms with Crippen LogP contribution in [0.25, 0.3) is 0 Å². The molecular formula is C16H23N5OS. The Hall–Kier alpha value is -1.73. The lowest BCUT2D eigenvalue weighted by molar-refractivity contribution is 0.0415. The van der Waals surface area contributed by atoms with E-state index in [2.05, 4.69) is 51.2 Å². The van der Waals surface area contributed by atoms with Gasteiger partial charge in [0.25, 0.3) is 0 Å². The highest BCUT2D eigenvalue weighted by Crippen LogP contribution is 2.28. The first-order chi connectivity index (χ1) is 11.0. The lowest BCUT2D eigenvalue weighted by Crippen LogP contribution is -2.39. The molecule has 2 aromatic rings. The maximum absolute atomic E-state index is 5.92. The van der Waals surface area contributed by atoms with Crippen LogP contribution in [0.4, 0.5) is 11.9 Å². The van der Waals surface area contributed by atoms with Crippen molar-refractivity contribution < 1.29 is 4.74 Å². The maximum Gasteiger partial charge on any atom is 0.230 e. The summed E-state index contributed by atoms with van der Waals surface area (Å²) in [5, 5.41) is 2.08. The van der Waals surface area contributed by atoms with Crippen molar-refractivity contribution in [2.75, 3.05) is 43.6 Å². The van der Waals surface area contributed by atoms with E-state index < -0.39 is 0 Å². The molecule has 23 heavy (non-hydrogen) atoms. The highest BCUT2D eigenvalue weighted by atomic mass is 32.1. The van der Waals surface area contributed by atoms with Gasteiger partial charge in [0.15, 0.2) is 0 Å². The fourth-order valence-corrected chi connectivity index (χ4v) is 3.21. The van der Waals surface area contributed by atoms with Crippen LogP contribution in [0.5, 0.6) is 0 Å². The molecule has 3 rings (SSSR count). The summed E-state index contributed by atoms with van der Waals surface area (Å²) in [6.07, 6.45) is 0.0887. The number of hydrogen-bond donors (Lipinski definition) is 0. The average Bonchev–Trinajstić information content (AvgIpc) is 3.09. The summed E-state index contributed by atoms with van der Waals surface area (Å²) in [5.41, 5.74) is 0. The van der Waals surface area contributed by atoms with Gasteiger partial charge in [-0.2, -0.15) is 15.0 Å². The first-order valence-corrected chi connectivity index (χ1v) is 8.76. The summed E-state index contributed by atoms with van der Waals surface area (Å²) in [4.78, 5) is 19.2. The van der Waals surface area contributed by atoms with Crippen LogP contribution in [-0.4, -0.2) is 48.7 Å². The molecule has 0 saturated carbocycles. The molecule has 1 unspecified atom stereocenters. The topological polar surface area (TPSA) is 54.4 Å². The van der Waals surface area contributed by atoms with E-state index in [0.717, 1.165) is 24.9 Å². The zero-order chi connectivity index (χ0) is 16.4. The van der Waals surface area contributed by atoms with Gasteiger partial charge in [-0.25, -0.2) is 0 Å². The third kappa shape index (κ3) is 3.61. The standard InChI is InChI=1S/C16H23N5OS/c1-11(2)14-17-15(20(3)4)19-16(18-14)21-7-8-22-12(10-21)13-6-5-9-23-13/h5-6,9,11-12H,7-8,10H2,1-4H3. The molecule has 0 N–H and O–H groups in total. The van der Waals surface area contributed by atoms with Crippen LogP contribution in [0.15, 0.2) is 17.5 Å². The number of rotatable bonds is 4. The van der Waals surface area contributed by atoms with Gasteiger partial charge in [0.1, 0.15) is 11.9 Å². The molecule has 7 heteroatoms. The Morgan fingerprint density at radius 2 is 2.13 bits per heavy atom. The van der Waals surface area contributed by atoms with Crippen molar-refractivity contribution in [3.8, 4) is 0 Å². The predicted octanol–water partition coefficient (Wildman–Crippen LogP) is 2.70. The Morgan fingerprint density at radius 1 is 1.30 bits per heavy atom. The predicted molar refractivity (Wildman–Crippen MR) is 93.5 cm³/mol. The monoisotopic (exact) mass is 333 g/mol. The van der Waals surface area contributed by atoms with Gasteiger partial charge in [0.2, 0.25) is 11.9 Å². The number of hydrogen-bond acceptors (Lipinski definition) is 7. The third-order valence-corrected chi connectivity index (χ3v) is 4.72. The summed E-state index contributed by atoms with van der Waals surface area (Å²) in [5.74, 6) is 2.55. The van der Waals surface area contributed by atoms with Gasteiger partial charge in [-0.05, 0) is 11.4 Å². The Morgan fingerprint density at radius 3 is 2.78 bits per heavy atom. The van der Waals surface area contributed by atoms with Crippen LogP contribution in [0.3, 0.4) is 0 Å². The molecular weight excluding hydrogens is 310 g/mol. The lowest BCUT2D eigenvalue weighted by atomic mass is 10.2. The quantitative estimate of drug-likeness (QED) is 0.857. The summed E-state index contributed by atoms with van der Waals surface area (Å²) < 4.78 is 5.92. The molecule has 1 aliphatic rings. The van der Waals surface area contributed by atoms with Crippen LogP contribution in [0.2, 0.25) is 0 Å². The molecule has 3 heterocycles. The van der Waals surface area contributed by atoms with Crippen molar-refractivity contribution in [3.05, 3.63) is 28.2 Å². The molecule has 0 aromatic carbocycles. The molecule has 6 nitrogen and oxygen atoms in total. The number of ether oxygens (including phenoxy) is 1. The minimum absolute atomic E-state index is 0.0887. The molecule has 1 aliphatic heterocycles. The zero-order valence-corrected chi connectivity index (χ0v) is 14.9. The van der Waals surface area contributed by atoms with Crippen molar-refractivity contribution in [2.45, 2.75) is 25.9 Å². The van der Waals surface area contributed by atoms with Crippen molar-refractivity contribution in [3.63, 3.8) is 0 Å². The summed E-state index contributed by atoms with van der Waals surface area (Å²) in [7, 11) is 3.91. The zero-order valence-electron chi connectivity index (χ0n) is 14.1. The van der Waals surface area contributed by atoms with E-state index in [0.29, 0.717) is 12.6 Å². The minimum Gasteiger partial charge on any atom is -0.369 e. The van der Waals surface area contributed by atoms with Gasteiger partial charge < -0.3 is 14.5 Å². The van der Waals surface area contributed by atoms with Crippen LogP contribution in [0.1, 0.15) is 36.6 Å². The van der Waals surface area contributed by atoms with Gasteiger partial charge in [-0.3, -0.25) is 0 Å². The first kappa shape index (κ1) is 16.1. The van der Waals surface area contributed by atoms with Crippen molar-refractivity contribution in [1.29, 1.82) is 0 Å². The van der Waals surface area contributed by atoms with Crippen LogP contribution in [-0.2, 0) is 4.74 Å². The Balaban J connectivity index is 1.87. The molecule has 0 aliphatic carbocycles. The van der Waals surface area contributed by atoms with Crippen molar-refractivity contribution in [1.82, 2.24) is 15.0 Å². The molecule has 1 atom stereocenters. The molecule has 124 valence electrons. The normalized spacial score (nSPS) is 18.5. The van der Waals surface area contributed by atoms with E-state index in [1.807, 2.05) is 19.0 Å². The van der Waals surface area contributed by atoms with E-state index in [-0.39, 0.29) is 12.0 Å². The van der Waals surface area contributed by atoms with Gasteiger partial charge >= 0.3 is 0 Å². The van der Waals surface area contributed by atoms with E-state index in [1.165, 1.54) is 4.88 Å². The fourth-order valence-electron chi connectivity index (χ4n) is 2.45. The number of anilines is 2. The SMILES string of the molecule is CC(C)c1nc(N(C)C)nc(N2CCOC(c3cccs3)C2)n1. The second-order valence-corrected chi connectivity index (χ2v) is 7.14. The smallest absolute Gasteiger partial charge is 0.230 e. The van der Waals surface area contributed by atoms with Gasteiger partial charge in [0, 0.05) is 31.4 Å². The highest BCUT2D eigenvalue weighted by Gasteiger charge is 2.25. The third-order valence-electron chi connectivity index (χ3n) is 3.76. The van der Waals surface area contributed by atoms with Gasteiger partial charge in [-0.15, -0.1) is 11.3 Å². The molecule has 2 aromatic heterocycles. The van der Waals surface area contributed by atoms with E-state index in [1.54, 1.807) is 11.3 Å². The average molecular weight is 333 g/mol. The second kappa shape index (κ2) is 6.80. The van der Waals surface area contributed by atoms with Gasteiger partial charge in [0.05, 0.1) is 13.2 Å². The molecule has 0 amide bonds. The minimum atomic E-state index is 0.0887. The number of morpholine rings is 1. The molecule has 0 spiro atoms. The molecule has 0 radical (unpaired) electrons. The largest absolute Gasteiger partial charge is 0.369 e. The fraction of sp³-hybridized carbons (Fsp3) is 0.562. The highest BCUT2D eigenvalue weighted by molar-refractivity contribution is 7.10. The van der Waals surface area contributed by atoms with E-state index >= 15 is 0 Å². The van der Waals surface area contributed by atoms with E-state index in [9.17, 15) is 0 Å². The molecule has 1 saturated heterocycles. The Bertz CT molecular complexity index is 618. The first-order valence-electron chi connectivity index (χ1n) is 7.88. The Labute approximate surface area is 141 Å². The number of nitrogens with zero attached hydrogens (tertiary/aromatic N) is 5. The summed E-state index contributed by atoms with van der Waals surface area (Å²) >= 11 is 1.73. The molecule has 1 fully saturated rings. The van der Waals surface area contributed by atoms with Gasteiger partial charge in [-0.1, -0.05) is 19.9 Å².